The summed E-state index contributed by atoms with van der Waals surface area (Å²) in [7, 11) is 0. The second-order valence-corrected chi connectivity index (χ2v) is 2.82. The van der Waals surface area contributed by atoms with Crippen LogP contribution >= 0.6 is 0 Å². The molecule has 1 atom stereocenters. The fraction of sp³-hybridized carbons (Fsp3) is 0.750. The van der Waals surface area contributed by atoms with Gasteiger partial charge in [-0.25, -0.2) is 0 Å². The van der Waals surface area contributed by atoms with Crippen LogP contribution in [0, 0.1) is 17.2 Å². The van der Waals surface area contributed by atoms with Gasteiger partial charge in [-0.3, -0.25) is 4.79 Å². The van der Waals surface area contributed by atoms with Crippen LogP contribution in [0.4, 0.5) is 0 Å². The molecule has 0 saturated heterocycles. The van der Waals surface area contributed by atoms with Gasteiger partial charge in [-0.2, -0.15) is 15.5 Å². The summed E-state index contributed by atoms with van der Waals surface area (Å²) >= 11 is 0. The van der Waals surface area contributed by atoms with Crippen molar-refractivity contribution in [1.29, 1.82) is 5.26 Å². The highest BCUT2D eigenvalue weighted by Gasteiger charge is 2.48. The Bertz CT molecular complexity index is 258. The molecule has 0 aromatic heterocycles. The van der Waals surface area contributed by atoms with Gasteiger partial charge in [0, 0.05) is 6.42 Å². The molecule has 0 aromatic carbocycles. The summed E-state index contributed by atoms with van der Waals surface area (Å²) in [6, 6.07) is 1.96. The number of hydrogen-bond acceptors (Lipinski definition) is 4. The van der Waals surface area contributed by atoms with Gasteiger partial charge in [-0.05, 0) is 6.42 Å². The van der Waals surface area contributed by atoms with Crippen molar-refractivity contribution < 1.29 is 4.79 Å². The van der Waals surface area contributed by atoms with E-state index in [1.165, 1.54) is 0 Å². The molecule has 0 saturated carbocycles. The molecule has 1 aliphatic heterocycles. The van der Waals surface area contributed by atoms with E-state index in [2.05, 4.69) is 10.2 Å². The first-order valence-corrected chi connectivity index (χ1v) is 4.08. The number of nitrogens with zero attached hydrogens (tertiary/aromatic N) is 3. The first kappa shape index (κ1) is 8.85. The fourth-order valence-electron chi connectivity index (χ4n) is 1.09. The van der Waals surface area contributed by atoms with Crippen LogP contribution in [0.5, 0.6) is 0 Å². The zero-order chi connectivity index (χ0) is 9.19. The third-order valence-corrected chi connectivity index (χ3v) is 2.11. The van der Waals surface area contributed by atoms with Gasteiger partial charge in [0.2, 0.25) is 11.4 Å². The lowest BCUT2D eigenvalue weighted by atomic mass is 9.93. The van der Waals surface area contributed by atoms with Crippen molar-refractivity contribution in [3.63, 3.8) is 0 Å². The van der Waals surface area contributed by atoms with E-state index in [1.807, 2.05) is 19.9 Å². The average Bonchev–Trinajstić information content (AvgIpc) is 2.86. The Morgan fingerprint density at radius 2 is 2.17 bits per heavy atom. The van der Waals surface area contributed by atoms with E-state index in [0.29, 0.717) is 12.8 Å². The fourth-order valence-corrected chi connectivity index (χ4v) is 1.09. The molecular weight excluding hydrogens is 154 g/mol. The van der Waals surface area contributed by atoms with Crippen molar-refractivity contribution in [3.8, 4) is 6.07 Å². The molecule has 0 fully saturated rings. The van der Waals surface area contributed by atoms with Gasteiger partial charge in [-0.15, -0.1) is 0 Å². The minimum Gasteiger partial charge on any atom is -0.293 e. The smallest absolute Gasteiger partial charge is 0.249 e. The molecule has 12 heavy (non-hydrogen) atoms. The standard InChI is InChI=1S/C8H11N3O/c1-3-6(5-9)7(12)8(4-2)10-11-8/h6H,3-4H2,1-2H3. The summed E-state index contributed by atoms with van der Waals surface area (Å²) in [5, 5.41) is 16.0. The molecule has 0 bridgehead atoms. The van der Waals surface area contributed by atoms with Gasteiger partial charge in [0.1, 0.15) is 5.92 Å². The van der Waals surface area contributed by atoms with E-state index in [4.69, 9.17) is 5.26 Å². The van der Waals surface area contributed by atoms with E-state index in [0.717, 1.165) is 0 Å². The monoisotopic (exact) mass is 165 g/mol. The quantitative estimate of drug-likeness (QED) is 0.636. The van der Waals surface area contributed by atoms with Crippen LogP contribution in [-0.4, -0.2) is 11.4 Å². The summed E-state index contributed by atoms with van der Waals surface area (Å²) in [5.41, 5.74) is -0.837. The molecule has 1 aliphatic rings. The van der Waals surface area contributed by atoms with Gasteiger partial charge < -0.3 is 0 Å². The van der Waals surface area contributed by atoms with Crippen LogP contribution in [-0.2, 0) is 4.79 Å². The summed E-state index contributed by atoms with van der Waals surface area (Å²) in [4.78, 5) is 11.5. The molecule has 0 radical (unpaired) electrons. The van der Waals surface area contributed by atoms with Gasteiger partial charge in [0.25, 0.3) is 0 Å². The topological polar surface area (TPSA) is 65.6 Å². The second kappa shape index (κ2) is 3.02. The first-order valence-electron chi connectivity index (χ1n) is 4.08. The summed E-state index contributed by atoms with van der Waals surface area (Å²) < 4.78 is 0. The van der Waals surface area contributed by atoms with E-state index in [1.54, 1.807) is 0 Å². The maximum absolute atomic E-state index is 11.5. The zero-order valence-electron chi connectivity index (χ0n) is 7.24. The minimum atomic E-state index is -0.837. The minimum absolute atomic E-state index is 0.144. The van der Waals surface area contributed by atoms with Gasteiger partial charge >= 0.3 is 0 Å². The summed E-state index contributed by atoms with van der Waals surface area (Å²) in [5.74, 6) is -0.685. The maximum atomic E-state index is 11.5. The Morgan fingerprint density at radius 1 is 1.58 bits per heavy atom. The van der Waals surface area contributed by atoms with Crippen LogP contribution in [0.15, 0.2) is 10.2 Å². The lowest BCUT2D eigenvalue weighted by molar-refractivity contribution is -0.124. The van der Waals surface area contributed by atoms with Gasteiger partial charge in [0.05, 0.1) is 6.07 Å². The van der Waals surface area contributed by atoms with E-state index >= 15 is 0 Å². The Morgan fingerprint density at radius 3 is 2.42 bits per heavy atom. The highest BCUT2D eigenvalue weighted by molar-refractivity contribution is 5.93. The molecule has 0 aliphatic carbocycles. The summed E-state index contributed by atoms with van der Waals surface area (Å²) in [6.45, 7) is 3.67. The molecule has 64 valence electrons. The van der Waals surface area contributed by atoms with Crippen molar-refractivity contribution in [2.24, 2.45) is 16.1 Å². The number of nitriles is 1. The van der Waals surface area contributed by atoms with Gasteiger partial charge in [0.15, 0.2) is 0 Å². The lowest BCUT2D eigenvalue weighted by Gasteiger charge is -2.08. The van der Waals surface area contributed by atoms with Crippen molar-refractivity contribution in [1.82, 2.24) is 0 Å². The Labute approximate surface area is 71.3 Å². The van der Waals surface area contributed by atoms with Crippen molar-refractivity contribution in [2.45, 2.75) is 32.4 Å². The number of carbonyl (C=O) groups excluding carboxylic acids is 1. The molecular formula is C8H11N3O. The molecule has 1 rings (SSSR count). The van der Waals surface area contributed by atoms with Crippen LogP contribution in [0.2, 0.25) is 0 Å². The number of ketones is 1. The third kappa shape index (κ3) is 1.22. The lowest BCUT2D eigenvalue weighted by Crippen LogP contribution is -2.29. The highest BCUT2D eigenvalue weighted by atomic mass is 16.1. The van der Waals surface area contributed by atoms with E-state index in [-0.39, 0.29) is 5.78 Å². The largest absolute Gasteiger partial charge is 0.293 e. The van der Waals surface area contributed by atoms with E-state index in [9.17, 15) is 4.79 Å². The molecule has 0 amide bonds. The molecule has 1 unspecified atom stereocenters. The molecule has 4 heteroatoms. The summed E-state index contributed by atoms with van der Waals surface area (Å²) in [6.07, 6.45) is 1.12. The number of Topliss-reactive ketones (excluding diaryl/α,β-unsaturated/α-hetero) is 1. The predicted octanol–water partition coefficient (Wildman–Crippen LogP) is 1.68. The molecule has 0 spiro atoms. The second-order valence-electron chi connectivity index (χ2n) is 2.82. The Balaban J connectivity index is 2.65. The van der Waals surface area contributed by atoms with Crippen LogP contribution in [0.1, 0.15) is 26.7 Å². The Kier molecular flexibility index (Phi) is 2.22. The van der Waals surface area contributed by atoms with E-state index < -0.39 is 11.6 Å². The number of rotatable bonds is 4. The maximum Gasteiger partial charge on any atom is 0.249 e. The SMILES string of the molecule is CCC(C#N)C(=O)C1(CC)N=N1. The number of hydrogen-bond donors (Lipinski definition) is 0. The first-order chi connectivity index (χ1) is 5.70. The molecule has 4 nitrogen and oxygen atoms in total. The number of carbonyl (C=O) groups is 1. The van der Waals surface area contributed by atoms with Crippen LogP contribution in [0.25, 0.3) is 0 Å². The van der Waals surface area contributed by atoms with Crippen LogP contribution < -0.4 is 0 Å². The average molecular weight is 165 g/mol. The molecule has 1 heterocycles. The third-order valence-electron chi connectivity index (χ3n) is 2.11. The van der Waals surface area contributed by atoms with Crippen molar-refractivity contribution in [2.75, 3.05) is 0 Å². The van der Waals surface area contributed by atoms with Crippen molar-refractivity contribution >= 4 is 5.78 Å². The normalized spacial score (nSPS) is 19.8. The Hall–Kier alpha value is -1.24. The zero-order valence-corrected chi connectivity index (χ0v) is 7.24. The van der Waals surface area contributed by atoms with Crippen molar-refractivity contribution in [3.05, 3.63) is 0 Å². The van der Waals surface area contributed by atoms with Gasteiger partial charge in [-0.1, -0.05) is 13.8 Å². The highest BCUT2D eigenvalue weighted by Crippen LogP contribution is 2.35. The van der Waals surface area contributed by atoms with Crippen LogP contribution in [0.3, 0.4) is 0 Å². The predicted molar refractivity (Wildman–Crippen MR) is 42.3 cm³/mol. The molecule has 0 N–H and O–H groups in total. The molecule has 0 aromatic rings.